The van der Waals surface area contributed by atoms with Crippen molar-refractivity contribution >= 4 is 17.6 Å². The van der Waals surface area contributed by atoms with Gasteiger partial charge in [0.25, 0.3) is 0 Å². The molecule has 6 heteroatoms. The monoisotopic (exact) mass is 332 g/mol. The number of hydrogen-bond donors (Lipinski definition) is 0. The van der Waals surface area contributed by atoms with E-state index in [2.05, 4.69) is 9.72 Å². The van der Waals surface area contributed by atoms with Crippen LogP contribution in [0.1, 0.15) is 50.2 Å². The highest BCUT2D eigenvalue weighted by Crippen LogP contribution is 2.26. The van der Waals surface area contributed by atoms with Gasteiger partial charge in [-0.1, -0.05) is 12.1 Å². The Labute approximate surface area is 142 Å². The number of pyridine rings is 1. The van der Waals surface area contributed by atoms with Gasteiger partial charge in [0.1, 0.15) is 11.3 Å². The van der Waals surface area contributed by atoms with Crippen LogP contribution in [0.25, 0.3) is 5.57 Å². The molecule has 0 N–H and O–H groups in total. The minimum Gasteiger partial charge on any atom is -0.464 e. The van der Waals surface area contributed by atoms with Crippen LogP contribution in [0.4, 0.5) is 4.79 Å². The second-order valence-corrected chi connectivity index (χ2v) is 6.78. The molecular weight excluding hydrogens is 308 g/mol. The molecule has 0 saturated heterocycles. The average Bonchev–Trinajstić information content (AvgIpc) is 2.52. The summed E-state index contributed by atoms with van der Waals surface area (Å²) in [5.74, 6) is -0.455. The number of esters is 1. The van der Waals surface area contributed by atoms with Crippen LogP contribution < -0.4 is 0 Å². The highest BCUT2D eigenvalue weighted by atomic mass is 16.6. The van der Waals surface area contributed by atoms with Crippen LogP contribution in [0.3, 0.4) is 0 Å². The number of aromatic nitrogens is 1. The van der Waals surface area contributed by atoms with Crippen molar-refractivity contribution in [1.29, 1.82) is 0 Å². The molecule has 6 nitrogen and oxygen atoms in total. The van der Waals surface area contributed by atoms with Gasteiger partial charge in [-0.2, -0.15) is 0 Å². The number of hydrogen-bond acceptors (Lipinski definition) is 5. The molecule has 0 saturated carbocycles. The Morgan fingerprint density at radius 1 is 1.29 bits per heavy atom. The molecule has 0 bridgehead atoms. The quantitative estimate of drug-likeness (QED) is 0.777. The van der Waals surface area contributed by atoms with Crippen LogP contribution in [0.2, 0.25) is 0 Å². The van der Waals surface area contributed by atoms with Crippen LogP contribution in [-0.4, -0.2) is 47.2 Å². The Hall–Kier alpha value is -2.37. The van der Waals surface area contributed by atoms with Crippen molar-refractivity contribution in [1.82, 2.24) is 9.88 Å². The highest BCUT2D eigenvalue weighted by Gasteiger charge is 2.28. The van der Waals surface area contributed by atoms with E-state index in [0.717, 1.165) is 11.1 Å². The Kier molecular flexibility index (Phi) is 5.26. The minimum atomic E-state index is -0.506. The summed E-state index contributed by atoms with van der Waals surface area (Å²) in [6, 6.07) is 3.43. The molecule has 1 aliphatic rings. The van der Waals surface area contributed by atoms with Crippen molar-refractivity contribution in [2.24, 2.45) is 0 Å². The van der Waals surface area contributed by atoms with Gasteiger partial charge in [0.05, 0.1) is 13.2 Å². The maximum atomic E-state index is 12.2. The summed E-state index contributed by atoms with van der Waals surface area (Å²) >= 11 is 0. The molecule has 24 heavy (non-hydrogen) atoms. The number of carbonyl (C=O) groups excluding carboxylic acids is 2. The molecule has 1 aromatic heterocycles. The van der Waals surface area contributed by atoms with E-state index in [-0.39, 0.29) is 17.8 Å². The normalized spacial score (nSPS) is 18.0. The lowest BCUT2D eigenvalue weighted by atomic mass is 9.97. The van der Waals surface area contributed by atoms with Crippen molar-refractivity contribution < 1.29 is 19.1 Å². The molecule has 1 aromatic rings. The van der Waals surface area contributed by atoms with E-state index in [0.29, 0.717) is 13.0 Å². The van der Waals surface area contributed by atoms with Crippen molar-refractivity contribution in [3.05, 3.63) is 35.7 Å². The second kappa shape index (κ2) is 7.03. The van der Waals surface area contributed by atoms with Crippen molar-refractivity contribution in [3.8, 4) is 0 Å². The molecule has 1 amide bonds. The van der Waals surface area contributed by atoms with Crippen LogP contribution in [0.15, 0.2) is 24.4 Å². The summed E-state index contributed by atoms with van der Waals surface area (Å²) < 4.78 is 10.1. The van der Waals surface area contributed by atoms with Crippen LogP contribution in [0, 0.1) is 0 Å². The SMILES string of the molecule is COC(=O)c1ccc(C2=CC(C)N(C(=O)OC(C)(C)C)CC2)cn1. The fourth-order valence-corrected chi connectivity index (χ4v) is 2.54. The van der Waals surface area contributed by atoms with Gasteiger partial charge in [-0.05, 0) is 51.3 Å². The van der Waals surface area contributed by atoms with E-state index in [1.807, 2.05) is 39.8 Å². The average molecular weight is 332 g/mol. The Morgan fingerprint density at radius 2 is 2.00 bits per heavy atom. The maximum Gasteiger partial charge on any atom is 0.410 e. The van der Waals surface area contributed by atoms with Gasteiger partial charge in [-0.25, -0.2) is 14.6 Å². The lowest BCUT2D eigenvalue weighted by Gasteiger charge is -2.34. The molecular formula is C18H24N2O4. The molecule has 2 rings (SSSR count). The first-order valence-corrected chi connectivity index (χ1v) is 7.96. The van der Waals surface area contributed by atoms with Crippen LogP contribution in [-0.2, 0) is 9.47 Å². The van der Waals surface area contributed by atoms with Gasteiger partial charge in [-0.3, -0.25) is 0 Å². The predicted molar refractivity (Wildman–Crippen MR) is 90.6 cm³/mol. The smallest absolute Gasteiger partial charge is 0.410 e. The van der Waals surface area contributed by atoms with E-state index in [4.69, 9.17) is 4.74 Å². The number of amides is 1. The summed E-state index contributed by atoms with van der Waals surface area (Å²) in [5.41, 5.74) is 1.82. The third kappa shape index (κ3) is 4.34. The number of nitrogens with zero attached hydrogens (tertiary/aromatic N) is 2. The molecule has 0 aliphatic carbocycles. The number of carbonyl (C=O) groups is 2. The molecule has 0 fully saturated rings. The standard InChI is InChI=1S/C18H24N2O4/c1-12-10-13(8-9-20(12)17(22)24-18(2,3)4)14-6-7-15(19-11-14)16(21)23-5/h6-7,10-12H,8-9H2,1-5H3. The molecule has 1 atom stereocenters. The lowest BCUT2D eigenvalue weighted by Crippen LogP contribution is -2.43. The number of rotatable bonds is 2. The van der Waals surface area contributed by atoms with E-state index >= 15 is 0 Å². The third-order valence-corrected chi connectivity index (χ3v) is 3.71. The van der Waals surface area contributed by atoms with E-state index in [9.17, 15) is 9.59 Å². The fraction of sp³-hybridized carbons (Fsp3) is 0.500. The minimum absolute atomic E-state index is 0.0658. The van der Waals surface area contributed by atoms with E-state index in [1.165, 1.54) is 7.11 Å². The molecule has 0 aromatic carbocycles. The second-order valence-electron chi connectivity index (χ2n) is 6.78. The molecule has 130 valence electrons. The maximum absolute atomic E-state index is 12.2. The third-order valence-electron chi connectivity index (χ3n) is 3.71. The first kappa shape index (κ1) is 18.0. The number of ether oxygens (including phenoxy) is 2. The molecule has 2 heterocycles. The summed E-state index contributed by atoms with van der Waals surface area (Å²) in [5, 5.41) is 0. The van der Waals surface area contributed by atoms with E-state index in [1.54, 1.807) is 17.2 Å². The van der Waals surface area contributed by atoms with Gasteiger partial charge < -0.3 is 14.4 Å². The summed E-state index contributed by atoms with van der Waals surface area (Å²) in [7, 11) is 1.33. The van der Waals surface area contributed by atoms with Crippen LogP contribution in [0.5, 0.6) is 0 Å². The largest absolute Gasteiger partial charge is 0.464 e. The molecule has 0 radical (unpaired) electrons. The Bertz CT molecular complexity index is 644. The first-order valence-electron chi connectivity index (χ1n) is 7.96. The molecule has 1 aliphatic heterocycles. The van der Waals surface area contributed by atoms with Gasteiger partial charge >= 0.3 is 12.1 Å². The zero-order valence-corrected chi connectivity index (χ0v) is 14.8. The van der Waals surface area contributed by atoms with Crippen molar-refractivity contribution in [3.63, 3.8) is 0 Å². The Balaban J connectivity index is 2.11. The van der Waals surface area contributed by atoms with E-state index < -0.39 is 11.6 Å². The van der Waals surface area contributed by atoms with Crippen molar-refractivity contribution in [2.75, 3.05) is 13.7 Å². The molecule has 0 spiro atoms. The highest BCUT2D eigenvalue weighted by molar-refractivity contribution is 5.87. The lowest BCUT2D eigenvalue weighted by molar-refractivity contribution is 0.0209. The first-order chi connectivity index (χ1) is 11.2. The van der Waals surface area contributed by atoms with Crippen molar-refractivity contribution in [2.45, 2.75) is 45.8 Å². The van der Waals surface area contributed by atoms with Crippen LogP contribution >= 0.6 is 0 Å². The Morgan fingerprint density at radius 3 is 2.50 bits per heavy atom. The topological polar surface area (TPSA) is 68.7 Å². The fourth-order valence-electron chi connectivity index (χ4n) is 2.54. The zero-order valence-electron chi connectivity index (χ0n) is 14.8. The summed E-state index contributed by atoms with van der Waals surface area (Å²) in [6.07, 6.45) is 4.10. The summed E-state index contributed by atoms with van der Waals surface area (Å²) in [4.78, 5) is 29.5. The van der Waals surface area contributed by atoms with Gasteiger partial charge in [-0.15, -0.1) is 0 Å². The van der Waals surface area contributed by atoms with Gasteiger partial charge in [0.2, 0.25) is 0 Å². The summed E-state index contributed by atoms with van der Waals surface area (Å²) in [6.45, 7) is 8.11. The van der Waals surface area contributed by atoms with Gasteiger partial charge in [0, 0.05) is 12.7 Å². The zero-order chi connectivity index (χ0) is 17.9. The van der Waals surface area contributed by atoms with Gasteiger partial charge in [0.15, 0.2) is 0 Å². The molecule has 1 unspecified atom stereocenters. The number of methoxy groups -OCH3 is 1. The predicted octanol–water partition coefficient (Wildman–Crippen LogP) is 3.28.